The second kappa shape index (κ2) is 10.0. The Kier molecular flexibility index (Phi) is 6.92. The number of amides is 1. The fourth-order valence-corrected chi connectivity index (χ4v) is 4.44. The number of fused-ring (bicyclic) bond motifs is 1. The van der Waals surface area contributed by atoms with Crippen LogP contribution in [0.3, 0.4) is 0 Å². The highest BCUT2D eigenvalue weighted by Gasteiger charge is 2.13. The third-order valence-corrected chi connectivity index (χ3v) is 6.18. The molecule has 0 spiro atoms. The van der Waals surface area contributed by atoms with Crippen molar-refractivity contribution in [1.29, 1.82) is 0 Å². The van der Waals surface area contributed by atoms with Crippen LogP contribution in [0.1, 0.15) is 60.2 Å². The molecule has 1 fully saturated rings. The summed E-state index contributed by atoms with van der Waals surface area (Å²) in [6, 6.07) is 8.60. The number of carbonyl (C=O) groups excluding carboxylic acids is 1. The summed E-state index contributed by atoms with van der Waals surface area (Å²) in [6.45, 7) is 7.90. The van der Waals surface area contributed by atoms with Crippen LogP contribution in [0.2, 0.25) is 0 Å². The Morgan fingerprint density at radius 3 is 2.68 bits per heavy atom. The summed E-state index contributed by atoms with van der Waals surface area (Å²) in [5.74, 6) is 0.652. The second-order valence-corrected chi connectivity index (χ2v) is 8.52. The maximum absolute atomic E-state index is 12.5. The van der Waals surface area contributed by atoms with Crippen molar-refractivity contribution >= 4 is 11.7 Å². The van der Waals surface area contributed by atoms with E-state index in [9.17, 15) is 4.79 Å². The Bertz CT molecular complexity index is 1040. The van der Waals surface area contributed by atoms with Crippen molar-refractivity contribution in [2.75, 3.05) is 13.1 Å². The van der Waals surface area contributed by atoms with E-state index < -0.39 is 0 Å². The molecule has 0 bridgehead atoms. The van der Waals surface area contributed by atoms with Gasteiger partial charge in [0.05, 0.1) is 0 Å². The lowest BCUT2D eigenvalue weighted by molar-refractivity contribution is -0.121. The molecule has 4 rings (SSSR count). The molecule has 7 heteroatoms. The minimum absolute atomic E-state index is 0.0513. The number of benzene rings is 1. The van der Waals surface area contributed by atoms with Crippen molar-refractivity contribution in [2.24, 2.45) is 0 Å². The fraction of sp³-hybridized carbons (Fsp3) is 0.500. The monoisotopic (exact) mass is 420 g/mol. The molecule has 1 aliphatic heterocycles. The number of hydrogen-bond acceptors (Lipinski definition) is 5. The Balaban J connectivity index is 1.30. The van der Waals surface area contributed by atoms with Crippen LogP contribution in [0.4, 0.5) is 0 Å². The summed E-state index contributed by atoms with van der Waals surface area (Å²) in [4.78, 5) is 23.7. The van der Waals surface area contributed by atoms with E-state index in [1.165, 1.54) is 50.7 Å². The van der Waals surface area contributed by atoms with Gasteiger partial charge >= 0.3 is 0 Å². The third kappa shape index (κ3) is 5.47. The average Bonchev–Trinajstić information content (AvgIpc) is 3.08. The minimum Gasteiger partial charge on any atom is -0.352 e. The van der Waals surface area contributed by atoms with Gasteiger partial charge in [-0.05, 0) is 62.9 Å². The molecular weight excluding hydrogens is 388 g/mol. The zero-order chi connectivity index (χ0) is 21.6. The molecule has 3 aromatic rings. The van der Waals surface area contributed by atoms with E-state index >= 15 is 0 Å². The zero-order valence-electron chi connectivity index (χ0n) is 18.6. The van der Waals surface area contributed by atoms with Crippen LogP contribution in [-0.2, 0) is 24.3 Å². The van der Waals surface area contributed by atoms with E-state index in [1.54, 1.807) is 4.52 Å². The molecule has 1 N–H and O–H groups in total. The Hall–Kier alpha value is -2.80. The van der Waals surface area contributed by atoms with E-state index in [-0.39, 0.29) is 5.91 Å². The molecule has 0 unspecified atom stereocenters. The Morgan fingerprint density at radius 2 is 1.87 bits per heavy atom. The quantitative estimate of drug-likeness (QED) is 0.634. The van der Waals surface area contributed by atoms with E-state index in [4.69, 9.17) is 0 Å². The molecule has 1 saturated heterocycles. The van der Waals surface area contributed by atoms with Gasteiger partial charge < -0.3 is 5.32 Å². The normalized spacial score (nSPS) is 15.2. The highest BCUT2D eigenvalue weighted by atomic mass is 16.1. The maximum Gasteiger partial charge on any atom is 0.252 e. The summed E-state index contributed by atoms with van der Waals surface area (Å²) in [5.41, 5.74) is 5.44. The number of hydrogen-bond donors (Lipinski definition) is 1. The van der Waals surface area contributed by atoms with Crippen LogP contribution in [0.15, 0.2) is 30.6 Å². The van der Waals surface area contributed by atoms with E-state index in [2.05, 4.69) is 49.5 Å². The summed E-state index contributed by atoms with van der Waals surface area (Å²) >= 11 is 0. The highest BCUT2D eigenvalue weighted by molar-refractivity contribution is 5.76. The molecule has 2 aromatic heterocycles. The number of carbonyl (C=O) groups is 1. The van der Waals surface area contributed by atoms with Gasteiger partial charge in [-0.2, -0.15) is 10.1 Å². The highest BCUT2D eigenvalue weighted by Crippen LogP contribution is 2.16. The predicted octanol–water partition coefficient (Wildman–Crippen LogP) is 3.37. The first-order valence-electron chi connectivity index (χ1n) is 11.3. The molecule has 1 aliphatic rings. The summed E-state index contributed by atoms with van der Waals surface area (Å²) in [5, 5.41) is 7.29. The molecule has 1 amide bonds. The number of nitrogens with zero attached hydrogens (tertiary/aromatic N) is 5. The van der Waals surface area contributed by atoms with Crippen molar-refractivity contribution in [2.45, 2.75) is 65.5 Å². The van der Waals surface area contributed by atoms with Gasteiger partial charge in [0.1, 0.15) is 6.33 Å². The number of aromatic nitrogens is 4. The average molecular weight is 421 g/mol. The maximum atomic E-state index is 12.5. The topological polar surface area (TPSA) is 75.4 Å². The van der Waals surface area contributed by atoms with E-state index in [1.807, 2.05) is 13.8 Å². The van der Waals surface area contributed by atoms with Gasteiger partial charge in [-0.15, -0.1) is 0 Å². The standard InChI is InChI=1S/C24H32N6O/c1-18-22(19(2)30-24(28-18)26-17-27-30)10-11-23(31)25-15-20-8-7-9-21(14-20)16-29-12-5-3-4-6-13-29/h7-9,14,17H,3-6,10-13,15-16H2,1-2H3,(H,25,31). The van der Waals surface area contributed by atoms with Crippen molar-refractivity contribution in [3.8, 4) is 0 Å². The van der Waals surface area contributed by atoms with Gasteiger partial charge in [-0.1, -0.05) is 37.1 Å². The third-order valence-electron chi connectivity index (χ3n) is 6.18. The van der Waals surface area contributed by atoms with Crippen molar-refractivity contribution in [3.05, 3.63) is 58.7 Å². The summed E-state index contributed by atoms with van der Waals surface area (Å²) < 4.78 is 1.73. The number of rotatable bonds is 7. The van der Waals surface area contributed by atoms with Crippen LogP contribution < -0.4 is 5.32 Å². The van der Waals surface area contributed by atoms with Gasteiger partial charge in [0.25, 0.3) is 5.78 Å². The van der Waals surface area contributed by atoms with Crippen LogP contribution in [-0.4, -0.2) is 43.5 Å². The van der Waals surface area contributed by atoms with Crippen molar-refractivity contribution in [1.82, 2.24) is 29.8 Å². The van der Waals surface area contributed by atoms with Crippen LogP contribution in [0, 0.1) is 13.8 Å². The number of aryl methyl sites for hydroxylation is 2. The van der Waals surface area contributed by atoms with E-state index in [0.29, 0.717) is 25.2 Å². The second-order valence-electron chi connectivity index (χ2n) is 8.52. The fourth-order valence-electron chi connectivity index (χ4n) is 4.44. The molecule has 164 valence electrons. The van der Waals surface area contributed by atoms with Crippen LogP contribution in [0.5, 0.6) is 0 Å². The lowest BCUT2D eigenvalue weighted by Gasteiger charge is -2.20. The molecule has 31 heavy (non-hydrogen) atoms. The Morgan fingerprint density at radius 1 is 1.10 bits per heavy atom. The molecule has 0 radical (unpaired) electrons. The molecule has 7 nitrogen and oxygen atoms in total. The molecule has 3 heterocycles. The molecule has 0 atom stereocenters. The first-order valence-corrected chi connectivity index (χ1v) is 11.3. The molecule has 1 aromatic carbocycles. The van der Waals surface area contributed by atoms with Crippen molar-refractivity contribution in [3.63, 3.8) is 0 Å². The predicted molar refractivity (Wildman–Crippen MR) is 121 cm³/mol. The van der Waals surface area contributed by atoms with Gasteiger partial charge in [0.2, 0.25) is 5.91 Å². The Labute approximate surface area is 183 Å². The smallest absolute Gasteiger partial charge is 0.252 e. The summed E-state index contributed by atoms with van der Waals surface area (Å²) in [6.07, 6.45) is 7.88. The molecular formula is C24H32N6O. The van der Waals surface area contributed by atoms with Gasteiger partial charge in [0, 0.05) is 30.9 Å². The lowest BCUT2D eigenvalue weighted by Crippen LogP contribution is -2.25. The van der Waals surface area contributed by atoms with Crippen molar-refractivity contribution < 1.29 is 4.79 Å². The van der Waals surface area contributed by atoms with Gasteiger partial charge in [-0.3, -0.25) is 9.69 Å². The zero-order valence-corrected chi connectivity index (χ0v) is 18.6. The minimum atomic E-state index is 0.0513. The first kappa shape index (κ1) is 21.4. The summed E-state index contributed by atoms with van der Waals surface area (Å²) in [7, 11) is 0. The number of likely N-dealkylation sites (tertiary alicyclic amines) is 1. The largest absolute Gasteiger partial charge is 0.352 e. The van der Waals surface area contributed by atoms with Crippen LogP contribution in [0.25, 0.3) is 5.78 Å². The van der Waals surface area contributed by atoms with Gasteiger partial charge in [-0.25, -0.2) is 9.50 Å². The van der Waals surface area contributed by atoms with E-state index in [0.717, 1.165) is 29.1 Å². The lowest BCUT2D eigenvalue weighted by atomic mass is 10.1. The number of nitrogens with one attached hydrogen (secondary N) is 1. The molecule has 0 aliphatic carbocycles. The first-order chi connectivity index (χ1) is 15.1. The van der Waals surface area contributed by atoms with Gasteiger partial charge in [0.15, 0.2) is 0 Å². The van der Waals surface area contributed by atoms with Crippen LogP contribution >= 0.6 is 0 Å². The SMILES string of the molecule is Cc1nc2ncnn2c(C)c1CCC(=O)NCc1cccc(CN2CCCCCC2)c1. The molecule has 0 saturated carbocycles.